The number of ether oxygens (including phenoxy) is 3. The molecular formula is C12H16O6. The van der Waals surface area contributed by atoms with Crippen LogP contribution >= 0.6 is 0 Å². The van der Waals surface area contributed by atoms with Gasteiger partial charge in [0.2, 0.25) is 0 Å². The first-order chi connectivity index (χ1) is 8.63. The highest BCUT2D eigenvalue weighted by Crippen LogP contribution is 2.31. The van der Waals surface area contributed by atoms with E-state index in [1.807, 2.05) is 0 Å². The van der Waals surface area contributed by atoms with Crippen molar-refractivity contribution >= 4 is 5.97 Å². The molecule has 1 aromatic carbocycles. The van der Waals surface area contributed by atoms with E-state index in [2.05, 4.69) is 4.74 Å². The minimum atomic E-state index is -1.03. The summed E-state index contributed by atoms with van der Waals surface area (Å²) in [6, 6.07) is 4.77. The number of carbonyl (C=O) groups excluding carboxylic acids is 1. The van der Waals surface area contributed by atoms with Gasteiger partial charge in [-0.05, 0) is 12.1 Å². The molecule has 0 aliphatic carbocycles. The molecule has 100 valence electrons. The molecule has 0 aliphatic rings. The Morgan fingerprint density at radius 2 is 2.11 bits per heavy atom. The maximum absolute atomic E-state index is 11.5. The lowest BCUT2D eigenvalue weighted by Gasteiger charge is -2.15. The SMILES string of the molecule is COC(=O)c1cccc(OC)c1OCC(O)CO. The van der Waals surface area contributed by atoms with Gasteiger partial charge in [-0.3, -0.25) is 0 Å². The molecule has 0 saturated heterocycles. The van der Waals surface area contributed by atoms with Gasteiger partial charge < -0.3 is 24.4 Å². The summed E-state index contributed by atoms with van der Waals surface area (Å²) in [5, 5.41) is 17.9. The lowest BCUT2D eigenvalue weighted by atomic mass is 10.2. The van der Waals surface area contributed by atoms with Crippen molar-refractivity contribution in [3.63, 3.8) is 0 Å². The number of para-hydroxylation sites is 1. The van der Waals surface area contributed by atoms with Gasteiger partial charge in [0, 0.05) is 0 Å². The second-order valence-corrected chi connectivity index (χ2v) is 3.48. The van der Waals surface area contributed by atoms with Crippen molar-refractivity contribution < 1.29 is 29.2 Å². The molecule has 2 N–H and O–H groups in total. The van der Waals surface area contributed by atoms with Crippen LogP contribution in [0.5, 0.6) is 11.5 Å². The summed E-state index contributed by atoms with van der Waals surface area (Å²) < 4.78 is 15.0. The normalized spacial score (nSPS) is 11.8. The molecule has 0 aromatic heterocycles. The van der Waals surface area contributed by atoms with Gasteiger partial charge in [0.15, 0.2) is 11.5 Å². The number of aliphatic hydroxyl groups excluding tert-OH is 2. The van der Waals surface area contributed by atoms with Crippen molar-refractivity contribution in [3.05, 3.63) is 23.8 Å². The molecule has 0 amide bonds. The van der Waals surface area contributed by atoms with E-state index in [0.717, 1.165) is 0 Å². The number of carbonyl (C=O) groups is 1. The Kier molecular flexibility index (Phi) is 5.41. The van der Waals surface area contributed by atoms with Crippen LogP contribution in [0.3, 0.4) is 0 Å². The standard InChI is InChI=1S/C12H16O6/c1-16-10-5-3-4-9(12(15)17-2)11(10)18-7-8(14)6-13/h3-5,8,13-14H,6-7H2,1-2H3. The summed E-state index contributed by atoms with van der Waals surface area (Å²) in [5.74, 6) is -0.0372. The maximum Gasteiger partial charge on any atom is 0.341 e. The fourth-order valence-corrected chi connectivity index (χ4v) is 1.33. The molecule has 6 heteroatoms. The Hall–Kier alpha value is -1.79. The monoisotopic (exact) mass is 256 g/mol. The van der Waals surface area contributed by atoms with Crippen LogP contribution in [0, 0.1) is 0 Å². The fraction of sp³-hybridized carbons (Fsp3) is 0.417. The number of rotatable bonds is 6. The molecule has 1 rings (SSSR count). The Morgan fingerprint density at radius 3 is 2.67 bits per heavy atom. The average Bonchev–Trinajstić information content (AvgIpc) is 2.43. The van der Waals surface area contributed by atoms with Gasteiger partial charge in [-0.25, -0.2) is 4.79 Å². The van der Waals surface area contributed by atoms with Gasteiger partial charge in [-0.15, -0.1) is 0 Å². The highest BCUT2D eigenvalue weighted by Gasteiger charge is 2.18. The third kappa shape index (κ3) is 3.35. The number of aliphatic hydroxyl groups is 2. The van der Waals surface area contributed by atoms with Gasteiger partial charge in [0.05, 0.1) is 20.8 Å². The fourth-order valence-electron chi connectivity index (χ4n) is 1.33. The second-order valence-electron chi connectivity index (χ2n) is 3.48. The van der Waals surface area contributed by atoms with Gasteiger partial charge >= 0.3 is 5.97 Å². The molecule has 1 aromatic rings. The van der Waals surface area contributed by atoms with Crippen molar-refractivity contribution in [3.8, 4) is 11.5 Å². The van der Waals surface area contributed by atoms with Crippen LogP contribution in [0.4, 0.5) is 0 Å². The molecule has 0 radical (unpaired) electrons. The molecular weight excluding hydrogens is 240 g/mol. The highest BCUT2D eigenvalue weighted by atomic mass is 16.5. The predicted molar refractivity (Wildman–Crippen MR) is 62.9 cm³/mol. The Morgan fingerprint density at radius 1 is 1.39 bits per heavy atom. The number of esters is 1. The molecule has 0 saturated carbocycles. The molecule has 0 fully saturated rings. The first-order valence-corrected chi connectivity index (χ1v) is 5.31. The average molecular weight is 256 g/mol. The van der Waals surface area contributed by atoms with Crippen molar-refractivity contribution in [2.24, 2.45) is 0 Å². The summed E-state index contributed by atoms with van der Waals surface area (Å²) in [6.45, 7) is -0.580. The van der Waals surface area contributed by atoms with E-state index in [4.69, 9.17) is 14.6 Å². The second kappa shape index (κ2) is 6.83. The van der Waals surface area contributed by atoms with Gasteiger partial charge in [0.25, 0.3) is 0 Å². The maximum atomic E-state index is 11.5. The van der Waals surface area contributed by atoms with Crippen LogP contribution in [0.2, 0.25) is 0 Å². The molecule has 0 heterocycles. The summed E-state index contributed by atoms with van der Waals surface area (Å²) in [4.78, 5) is 11.5. The molecule has 6 nitrogen and oxygen atoms in total. The number of hydrogen-bond donors (Lipinski definition) is 2. The number of methoxy groups -OCH3 is 2. The summed E-state index contributed by atoms with van der Waals surface area (Å²) in [7, 11) is 2.69. The van der Waals surface area contributed by atoms with Crippen molar-refractivity contribution in [2.75, 3.05) is 27.4 Å². The summed E-state index contributed by atoms with van der Waals surface area (Å²) >= 11 is 0. The van der Waals surface area contributed by atoms with E-state index in [-0.39, 0.29) is 17.9 Å². The van der Waals surface area contributed by atoms with E-state index in [1.54, 1.807) is 12.1 Å². The third-order valence-electron chi connectivity index (χ3n) is 2.23. The Labute approximate surface area is 105 Å². The molecule has 0 bridgehead atoms. The van der Waals surface area contributed by atoms with Gasteiger partial charge in [0.1, 0.15) is 18.3 Å². The first kappa shape index (κ1) is 14.3. The molecule has 1 unspecified atom stereocenters. The minimum Gasteiger partial charge on any atom is -0.493 e. The van der Waals surface area contributed by atoms with Crippen LogP contribution in [0.25, 0.3) is 0 Å². The Bertz CT molecular complexity index is 404. The van der Waals surface area contributed by atoms with Crippen molar-refractivity contribution in [2.45, 2.75) is 6.10 Å². The van der Waals surface area contributed by atoms with Gasteiger partial charge in [-0.1, -0.05) is 6.07 Å². The van der Waals surface area contributed by atoms with Crippen LogP contribution in [-0.2, 0) is 4.74 Å². The van der Waals surface area contributed by atoms with Crippen LogP contribution in [0.1, 0.15) is 10.4 Å². The topological polar surface area (TPSA) is 85.2 Å². The van der Waals surface area contributed by atoms with Gasteiger partial charge in [-0.2, -0.15) is 0 Å². The Balaban J connectivity index is 3.00. The quantitative estimate of drug-likeness (QED) is 0.708. The molecule has 0 spiro atoms. The summed E-state index contributed by atoms with van der Waals surface area (Å²) in [6.07, 6.45) is -1.03. The largest absolute Gasteiger partial charge is 0.493 e. The van der Waals surface area contributed by atoms with Crippen LogP contribution in [0.15, 0.2) is 18.2 Å². The zero-order chi connectivity index (χ0) is 13.5. The first-order valence-electron chi connectivity index (χ1n) is 5.31. The predicted octanol–water partition coefficient (Wildman–Crippen LogP) is 0.214. The lowest BCUT2D eigenvalue weighted by Crippen LogP contribution is -2.22. The van der Waals surface area contributed by atoms with Crippen molar-refractivity contribution in [1.29, 1.82) is 0 Å². The minimum absolute atomic E-state index is 0.152. The number of benzene rings is 1. The zero-order valence-electron chi connectivity index (χ0n) is 10.3. The smallest absolute Gasteiger partial charge is 0.341 e. The molecule has 1 atom stereocenters. The zero-order valence-corrected chi connectivity index (χ0v) is 10.3. The van der Waals surface area contributed by atoms with E-state index in [1.165, 1.54) is 20.3 Å². The van der Waals surface area contributed by atoms with E-state index in [9.17, 15) is 9.90 Å². The van der Waals surface area contributed by atoms with E-state index in [0.29, 0.717) is 5.75 Å². The lowest BCUT2D eigenvalue weighted by molar-refractivity contribution is 0.0495. The number of hydrogen-bond acceptors (Lipinski definition) is 6. The van der Waals surface area contributed by atoms with Crippen molar-refractivity contribution in [1.82, 2.24) is 0 Å². The van der Waals surface area contributed by atoms with E-state index >= 15 is 0 Å². The van der Waals surface area contributed by atoms with Crippen LogP contribution in [-0.4, -0.2) is 49.7 Å². The molecule has 18 heavy (non-hydrogen) atoms. The summed E-state index contributed by atoms with van der Waals surface area (Å²) in [5.41, 5.74) is 0.196. The van der Waals surface area contributed by atoms with E-state index < -0.39 is 18.7 Å². The highest BCUT2D eigenvalue weighted by molar-refractivity contribution is 5.93. The van der Waals surface area contributed by atoms with Crippen LogP contribution < -0.4 is 9.47 Å². The third-order valence-corrected chi connectivity index (χ3v) is 2.23. The molecule has 0 aliphatic heterocycles.